The van der Waals surface area contributed by atoms with E-state index in [9.17, 15) is 14.4 Å². The van der Waals surface area contributed by atoms with Gasteiger partial charge < -0.3 is 5.21 Å². The van der Waals surface area contributed by atoms with Crippen LogP contribution in [0.5, 0.6) is 0 Å². The molecule has 0 aliphatic carbocycles. The fourth-order valence-electron chi connectivity index (χ4n) is 3.07. The lowest BCUT2D eigenvalue weighted by atomic mass is 9.97. The number of fused-ring (bicyclic) bond motifs is 4. The number of nitrogens with zero attached hydrogens (tertiary/aromatic N) is 1. The molecule has 4 aromatic rings. The van der Waals surface area contributed by atoms with E-state index in [0.29, 0.717) is 26.9 Å². The van der Waals surface area contributed by atoms with Gasteiger partial charge in [0.15, 0.2) is 16.2 Å². The molecule has 5 nitrogen and oxygen atoms in total. The number of rotatable bonds is 0. The maximum Gasteiger partial charge on any atom is 0.208 e. The van der Waals surface area contributed by atoms with Gasteiger partial charge in [0.25, 0.3) is 0 Å². The summed E-state index contributed by atoms with van der Waals surface area (Å²) in [5.41, 5.74) is -0.955. The lowest BCUT2D eigenvalue weighted by Gasteiger charge is -2.04. The molecule has 23 heavy (non-hydrogen) atoms. The predicted molar refractivity (Wildman–Crippen MR) is 87.5 cm³/mol. The average Bonchev–Trinajstić information content (AvgIpc) is 2.58. The van der Waals surface area contributed by atoms with Crippen LogP contribution >= 0.6 is 0 Å². The molecule has 0 saturated heterocycles. The summed E-state index contributed by atoms with van der Waals surface area (Å²) in [5, 5.41) is 14.0. The van der Waals surface area contributed by atoms with Gasteiger partial charge in [-0.1, -0.05) is 35.5 Å². The van der Waals surface area contributed by atoms with Gasteiger partial charge in [-0.05, 0) is 23.6 Å². The summed E-state index contributed by atoms with van der Waals surface area (Å²) in [6.07, 6.45) is 0. The van der Waals surface area contributed by atoms with Gasteiger partial charge in [-0.25, -0.2) is 0 Å². The molecule has 110 valence electrons. The summed E-state index contributed by atoms with van der Waals surface area (Å²) < 4.78 is 0. The predicted octanol–water partition coefficient (Wildman–Crippen LogP) is 1.39. The maximum atomic E-state index is 12.8. The van der Waals surface area contributed by atoms with Crippen LogP contribution in [0.3, 0.4) is 0 Å². The van der Waals surface area contributed by atoms with E-state index in [0.717, 1.165) is 0 Å². The van der Waals surface area contributed by atoms with Crippen LogP contribution in [0, 0.1) is 0 Å². The van der Waals surface area contributed by atoms with E-state index in [-0.39, 0.29) is 21.6 Å². The van der Waals surface area contributed by atoms with Gasteiger partial charge in [-0.2, -0.15) is 0 Å². The Balaban J connectivity index is 2.45. The van der Waals surface area contributed by atoms with Gasteiger partial charge in [0.1, 0.15) is 0 Å². The molecule has 0 fully saturated rings. The number of hydrogen-bond donors (Lipinski definition) is 1. The topological polar surface area (TPSA) is 83.8 Å². The fourth-order valence-corrected chi connectivity index (χ4v) is 3.07. The second kappa shape index (κ2) is 4.58. The smallest absolute Gasteiger partial charge is 0.208 e. The van der Waals surface area contributed by atoms with E-state index in [1.54, 1.807) is 24.3 Å². The fraction of sp³-hybridized carbons (Fsp3) is 0. The Morgan fingerprint density at radius 1 is 0.652 bits per heavy atom. The summed E-state index contributed by atoms with van der Waals surface area (Å²) in [5.74, 6) is 0. The molecule has 0 spiro atoms. The summed E-state index contributed by atoms with van der Waals surface area (Å²) in [6.45, 7) is 0. The van der Waals surface area contributed by atoms with Gasteiger partial charge in [0.2, 0.25) is 5.43 Å². The molecule has 0 saturated carbocycles. The van der Waals surface area contributed by atoms with E-state index in [1.807, 2.05) is 0 Å². The van der Waals surface area contributed by atoms with Crippen LogP contribution in [0.1, 0.15) is 0 Å². The van der Waals surface area contributed by atoms with Crippen molar-refractivity contribution < 1.29 is 5.21 Å². The van der Waals surface area contributed by atoms with Crippen LogP contribution in [0.25, 0.3) is 32.3 Å². The molecule has 1 N–H and O–H groups in total. The first-order valence-electron chi connectivity index (χ1n) is 6.93. The van der Waals surface area contributed by atoms with Gasteiger partial charge in [0.05, 0.1) is 0 Å². The van der Waals surface area contributed by atoms with Crippen LogP contribution in [0.2, 0.25) is 0 Å². The Morgan fingerprint density at radius 2 is 1.26 bits per heavy atom. The van der Waals surface area contributed by atoms with E-state index in [2.05, 4.69) is 5.16 Å². The molecule has 0 atom stereocenters. The molecule has 0 unspecified atom stereocenters. The minimum atomic E-state index is -0.449. The first-order valence-corrected chi connectivity index (χ1v) is 6.93. The van der Waals surface area contributed by atoms with E-state index >= 15 is 0 Å². The molecule has 0 aromatic heterocycles. The summed E-state index contributed by atoms with van der Waals surface area (Å²) in [7, 11) is 0. The van der Waals surface area contributed by atoms with Gasteiger partial charge in [-0.3, -0.25) is 14.4 Å². The van der Waals surface area contributed by atoms with E-state index in [4.69, 9.17) is 5.21 Å². The molecule has 0 bridgehead atoms. The summed E-state index contributed by atoms with van der Waals surface area (Å²) in [4.78, 5) is 37.2. The van der Waals surface area contributed by atoms with Crippen molar-refractivity contribution in [2.24, 2.45) is 5.16 Å². The summed E-state index contributed by atoms with van der Waals surface area (Å²) in [6, 6.07) is 12.4. The number of hydrogen-bond acceptors (Lipinski definition) is 5. The Hall–Kier alpha value is -3.34. The zero-order valence-electron chi connectivity index (χ0n) is 11.7. The highest BCUT2D eigenvalue weighted by atomic mass is 16.4. The third kappa shape index (κ3) is 1.67. The SMILES string of the molecule is O=c1ccc2c(ccc3c(=O)c4ccccc4c(=O)c32)c1=NO. The Kier molecular flexibility index (Phi) is 2.65. The van der Waals surface area contributed by atoms with Crippen molar-refractivity contribution in [1.29, 1.82) is 0 Å². The molecule has 0 aliphatic rings. The molecule has 0 aliphatic heterocycles. The Morgan fingerprint density at radius 3 is 1.96 bits per heavy atom. The molecule has 0 heterocycles. The third-order valence-electron chi connectivity index (χ3n) is 4.12. The van der Waals surface area contributed by atoms with Crippen molar-refractivity contribution in [2.75, 3.05) is 0 Å². The van der Waals surface area contributed by atoms with Gasteiger partial charge in [0, 0.05) is 26.9 Å². The minimum Gasteiger partial charge on any atom is -0.410 e. The van der Waals surface area contributed by atoms with Crippen LogP contribution in [0.4, 0.5) is 0 Å². The van der Waals surface area contributed by atoms with Crippen LogP contribution in [-0.4, -0.2) is 5.21 Å². The molecular formula is C18H9NO4. The Bertz CT molecular complexity index is 1330. The third-order valence-corrected chi connectivity index (χ3v) is 4.12. The highest BCUT2D eigenvalue weighted by Crippen LogP contribution is 2.20. The minimum absolute atomic E-state index is 0.135. The van der Waals surface area contributed by atoms with Crippen molar-refractivity contribution in [1.82, 2.24) is 0 Å². The highest BCUT2D eigenvalue weighted by molar-refractivity contribution is 6.11. The average molecular weight is 303 g/mol. The lowest BCUT2D eigenvalue weighted by molar-refractivity contribution is 0.302. The summed E-state index contributed by atoms with van der Waals surface area (Å²) >= 11 is 0. The standard InChI is InChI=1S/C18H9NO4/c20-14-8-7-9-10(16(14)19-23)5-6-13-15(9)18(22)12-4-2-1-3-11(12)17(13)21/h1-8,23H. The van der Waals surface area contributed by atoms with Gasteiger partial charge in [-0.15, -0.1) is 0 Å². The van der Waals surface area contributed by atoms with Crippen LogP contribution < -0.4 is 21.6 Å². The monoisotopic (exact) mass is 303 g/mol. The van der Waals surface area contributed by atoms with Crippen LogP contribution in [-0.2, 0) is 0 Å². The largest absolute Gasteiger partial charge is 0.410 e. The van der Waals surface area contributed by atoms with Crippen molar-refractivity contribution >= 4 is 32.3 Å². The second-order valence-electron chi connectivity index (χ2n) is 5.30. The van der Waals surface area contributed by atoms with Gasteiger partial charge >= 0.3 is 0 Å². The Labute approximate surface area is 128 Å². The number of benzene rings is 4. The normalized spacial score (nSPS) is 12.4. The highest BCUT2D eigenvalue weighted by Gasteiger charge is 2.14. The molecule has 0 radical (unpaired) electrons. The zero-order valence-corrected chi connectivity index (χ0v) is 11.7. The quantitative estimate of drug-likeness (QED) is 0.230. The van der Waals surface area contributed by atoms with Crippen molar-refractivity contribution in [3.63, 3.8) is 0 Å². The van der Waals surface area contributed by atoms with E-state index in [1.165, 1.54) is 24.3 Å². The van der Waals surface area contributed by atoms with Crippen LogP contribution in [0.15, 0.2) is 68.1 Å². The maximum absolute atomic E-state index is 12.8. The molecule has 4 aromatic carbocycles. The molecule has 5 heteroatoms. The van der Waals surface area contributed by atoms with Crippen molar-refractivity contribution in [2.45, 2.75) is 0 Å². The first-order chi connectivity index (χ1) is 11.1. The lowest BCUT2D eigenvalue weighted by Crippen LogP contribution is -2.24. The first kappa shape index (κ1) is 13.3. The van der Waals surface area contributed by atoms with E-state index < -0.39 is 5.43 Å². The zero-order chi connectivity index (χ0) is 16.1. The molecular weight excluding hydrogens is 294 g/mol. The van der Waals surface area contributed by atoms with Crippen molar-refractivity contribution in [3.8, 4) is 0 Å². The molecule has 4 rings (SSSR count). The molecule has 0 amide bonds. The second-order valence-corrected chi connectivity index (χ2v) is 5.30. The van der Waals surface area contributed by atoms with Crippen molar-refractivity contribution in [3.05, 3.63) is 84.6 Å².